The van der Waals surface area contributed by atoms with Crippen LogP contribution < -0.4 is 19.1 Å². The SMILES string of the molecule is CO[n+]1ccc(-c2ccccc2)cc1.CO[n+]1ccc(-c2ccccc2)cc1.O=S(=O)(O)O. The van der Waals surface area contributed by atoms with E-state index < -0.39 is 10.4 Å². The van der Waals surface area contributed by atoms with Gasteiger partial charge in [0, 0.05) is 33.7 Å². The Labute approximate surface area is 193 Å². The molecular weight excluding hydrogens is 444 g/mol. The summed E-state index contributed by atoms with van der Waals surface area (Å²) in [6.07, 6.45) is 7.56. The van der Waals surface area contributed by atoms with E-state index >= 15 is 0 Å². The topological polar surface area (TPSA) is 101 Å². The molecule has 0 unspecified atom stereocenters. The summed E-state index contributed by atoms with van der Waals surface area (Å²) in [5.41, 5.74) is 4.82. The highest BCUT2D eigenvalue weighted by atomic mass is 32.3. The van der Waals surface area contributed by atoms with Crippen LogP contribution in [0.1, 0.15) is 0 Å². The fourth-order valence-electron chi connectivity index (χ4n) is 2.72. The molecule has 0 aliphatic heterocycles. The maximum absolute atomic E-state index is 8.74. The molecule has 33 heavy (non-hydrogen) atoms. The molecule has 4 rings (SSSR count). The molecule has 0 radical (unpaired) electrons. The van der Waals surface area contributed by atoms with Gasteiger partial charge in [0.05, 0.1) is 0 Å². The molecule has 172 valence electrons. The van der Waals surface area contributed by atoms with Crippen LogP contribution in [0.25, 0.3) is 22.3 Å². The first kappa shape index (κ1) is 25.5. The quantitative estimate of drug-likeness (QED) is 0.351. The number of hydrogen-bond donors (Lipinski definition) is 2. The van der Waals surface area contributed by atoms with Crippen LogP contribution in [0, 0.1) is 0 Å². The van der Waals surface area contributed by atoms with Gasteiger partial charge in [-0.05, 0) is 22.3 Å². The molecule has 0 saturated carbocycles. The molecule has 2 aromatic heterocycles. The minimum atomic E-state index is -4.67. The summed E-state index contributed by atoms with van der Waals surface area (Å²) < 4.78 is 34.9. The summed E-state index contributed by atoms with van der Waals surface area (Å²) in [5.74, 6) is 0. The molecule has 0 atom stereocenters. The van der Waals surface area contributed by atoms with Crippen LogP contribution >= 0.6 is 0 Å². The number of hydrogen-bond acceptors (Lipinski definition) is 4. The first-order chi connectivity index (χ1) is 15.8. The average molecular weight is 471 g/mol. The van der Waals surface area contributed by atoms with Crippen LogP contribution in [-0.4, -0.2) is 31.7 Å². The third kappa shape index (κ3) is 9.92. The van der Waals surface area contributed by atoms with Gasteiger partial charge in [0.25, 0.3) is 0 Å². The minimum Gasteiger partial charge on any atom is -0.275 e. The van der Waals surface area contributed by atoms with Crippen molar-refractivity contribution in [3.05, 3.63) is 110 Å². The van der Waals surface area contributed by atoms with Crippen LogP contribution in [0.2, 0.25) is 0 Å². The smallest absolute Gasteiger partial charge is 0.275 e. The lowest BCUT2D eigenvalue weighted by Crippen LogP contribution is -2.39. The van der Waals surface area contributed by atoms with Crippen LogP contribution in [0.15, 0.2) is 110 Å². The van der Waals surface area contributed by atoms with E-state index in [2.05, 4.69) is 24.3 Å². The van der Waals surface area contributed by atoms with Crippen molar-refractivity contribution in [1.29, 1.82) is 0 Å². The Morgan fingerprint density at radius 3 is 1.03 bits per heavy atom. The molecule has 2 N–H and O–H groups in total. The van der Waals surface area contributed by atoms with Gasteiger partial charge in [-0.1, -0.05) is 60.7 Å². The summed E-state index contributed by atoms with van der Waals surface area (Å²) in [6, 6.07) is 28.6. The summed E-state index contributed by atoms with van der Waals surface area (Å²) in [6.45, 7) is 0. The highest BCUT2D eigenvalue weighted by Gasteiger charge is 2.01. The Kier molecular flexibility index (Phi) is 9.97. The Morgan fingerprint density at radius 2 is 0.788 bits per heavy atom. The van der Waals surface area contributed by atoms with Crippen molar-refractivity contribution in [2.45, 2.75) is 0 Å². The van der Waals surface area contributed by atoms with Gasteiger partial charge < -0.3 is 0 Å². The first-order valence-electron chi connectivity index (χ1n) is 9.72. The number of aromatic nitrogens is 2. The summed E-state index contributed by atoms with van der Waals surface area (Å²) in [5, 5.41) is 0. The van der Waals surface area contributed by atoms with Gasteiger partial charge in [0.2, 0.25) is 24.8 Å². The highest BCUT2D eigenvalue weighted by Crippen LogP contribution is 2.17. The van der Waals surface area contributed by atoms with E-state index in [0.717, 1.165) is 0 Å². The van der Waals surface area contributed by atoms with E-state index in [4.69, 9.17) is 27.2 Å². The van der Waals surface area contributed by atoms with Crippen molar-refractivity contribution in [1.82, 2.24) is 0 Å². The molecule has 2 heterocycles. The van der Waals surface area contributed by atoms with E-state index in [1.807, 2.05) is 85.5 Å². The molecule has 8 nitrogen and oxygen atoms in total. The maximum Gasteiger partial charge on any atom is 0.394 e. The largest absolute Gasteiger partial charge is 0.394 e. The first-order valence-corrected chi connectivity index (χ1v) is 11.1. The predicted octanol–water partition coefficient (Wildman–Crippen LogP) is 2.75. The molecule has 0 fully saturated rings. The van der Waals surface area contributed by atoms with Crippen LogP contribution in [-0.2, 0) is 10.4 Å². The molecule has 0 spiro atoms. The lowest BCUT2D eigenvalue weighted by molar-refractivity contribution is -0.885. The van der Waals surface area contributed by atoms with Crippen LogP contribution in [0.3, 0.4) is 0 Å². The molecule has 0 aliphatic carbocycles. The predicted molar refractivity (Wildman–Crippen MR) is 123 cm³/mol. The maximum atomic E-state index is 8.74. The molecule has 4 aromatic rings. The normalized spacial score (nSPS) is 10.1. The van der Waals surface area contributed by atoms with Gasteiger partial charge in [-0.2, -0.15) is 8.42 Å². The molecule has 0 saturated heterocycles. The number of pyridine rings is 2. The van der Waals surface area contributed by atoms with Gasteiger partial charge in [0.1, 0.15) is 14.2 Å². The second-order valence-electron chi connectivity index (χ2n) is 6.44. The molecule has 2 aromatic carbocycles. The lowest BCUT2D eigenvalue weighted by atomic mass is 10.1. The molecule has 0 aliphatic rings. The van der Waals surface area contributed by atoms with Gasteiger partial charge in [-0.25, -0.2) is 0 Å². The summed E-state index contributed by atoms with van der Waals surface area (Å²) >= 11 is 0. The Hall–Kier alpha value is -3.79. The van der Waals surface area contributed by atoms with E-state index in [9.17, 15) is 0 Å². The molecule has 9 heteroatoms. The third-order valence-corrected chi connectivity index (χ3v) is 4.24. The summed E-state index contributed by atoms with van der Waals surface area (Å²) in [4.78, 5) is 10.0. The second kappa shape index (κ2) is 12.9. The fraction of sp³-hybridized carbons (Fsp3) is 0.0833. The molecule has 0 bridgehead atoms. The number of nitrogens with zero attached hydrogens (tertiary/aromatic N) is 2. The zero-order chi connectivity index (χ0) is 24.1. The van der Waals surface area contributed by atoms with E-state index in [-0.39, 0.29) is 0 Å². The monoisotopic (exact) mass is 470 g/mol. The fourth-order valence-corrected chi connectivity index (χ4v) is 2.72. The van der Waals surface area contributed by atoms with Crippen molar-refractivity contribution in [2.75, 3.05) is 14.2 Å². The zero-order valence-electron chi connectivity index (χ0n) is 18.2. The van der Waals surface area contributed by atoms with Crippen molar-refractivity contribution in [3.8, 4) is 22.3 Å². The number of benzene rings is 2. The van der Waals surface area contributed by atoms with Gasteiger partial charge in [0.15, 0.2) is 0 Å². The van der Waals surface area contributed by atoms with E-state index in [0.29, 0.717) is 0 Å². The van der Waals surface area contributed by atoms with Crippen molar-refractivity contribution in [3.63, 3.8) is 0 Å². The van der Waals surface area contributed by atoms with E-state index in [1.54, 1.807) is 23.7 Å². The minimum absolute atomic E-state index is 1.19. The van der Waals surface area contributed by atoms with Gasteiger partial charge in [-0.3, -0.25) is 18.8 Å². The van der Waals surface area contributed by atoms with Gasteiger partial charge >= 0.3 is 10.4 Å². The Bertz CT molecular complexity index is 1090. The Morgan fingerprint density at radius 1 is 0.545 bits per heavy atom. The van der Waals surface area contributed by atoms with Crippen molar-refractivity contribution >= 4 is 10.4 Å². The molecule has 0 amide bonds. The molecular formula is C24H26N2O6S+2. The van der Waals surface area contributed by atoms with Crippen LogP contribution in [0.4, 0.5) is 0 Å². The zero-order valence-corrected chi connectivity index (χ0v) is 19.0. The number of rotatable bonds is 4. The highest BCUT2D eigenvalue weighted by molar-refractivity contribution is 7.79. The second-order valence-corrected chi connectivity index (χ2v) is 7.33. The van der Waals surface area contributed by atoms with Crippen LogP contribution in [0.5, 0.6) is 0 Å². The third-order valence-electron chi connectivity index (χ3n) is 4.24. The van der Waals surface area contributed by atoms with Gasteiger partial charge in [-0.15, -0.1) is 0 Å². The summed E-state index contributed by atoms with van der Waals surface area (Å²) in [7, 11) is -1.38. The van der Waals surface area contributed by atoms with Crippen molar-refractivity contribution < 1.29 is 36.7 Å². The standard InChI is InChI=1S/2C12H12NO.H2O4S/c2*1-14-13-9-7-12(8-10-13)11-5-3-2-4-6-11;1-5(2,3)4/h2*2-10H,1H3;(H2,1,2,3,4)/q2*+1;. The average Bonchev–Trinajstić information content (AvgIpc) is 2.85. The van der Waals surface area contributed by atoms with Crippen molar-refractivity contribution in [2.24, 2.45) is 0 Å². The Balaban J connectivity index is 0.000000195. The van der Waals surface area contributed by atoms with E-state index in [1.165, 1.54) is 22.3 Å². The lowest BCUT2D eigenvalue weighted by Gasteiger charge is -1.98.